The predicted octanol–water partition coefficient (Wildman–Crippen LogP) is 3.83. The number of hydrogen-bond acceptors (Lipinski definition) is 5. The van der Waals surface area contributed by atoms with E-state index in [0.717, 1.165) is 21.4 Å². The highest BCUT2D eigenvalue weighted by Crippen LogP contribution is 2.40. The average molecular weight is 381 g/mol. The first-order valence-electron chi connectivity index (χ1n) is 6.19. The third kappa shape index (κ3) is 2.90. The molecule has 1 aliphatic rings. The summed E-state index contributed by atoms with van der Waals surface area (Å²) in [6.45, 7) is 0.174. The average Bonchev–Trinajstić information content (AvgIpc) is 3.13. The fourth-order valence-corrected chi connectivity index (χ4v) is 3.26. The number of rotatable bonds is 4. The molecule has 1 aromatic heterocycles. The van der Waals surface area contributed by atoms with E-state index >= 15 is 0 Å². The zero-order valence-electron chi connectivity index (χ0n) is 11.0. The number of carbonyl (C=O) groups excluding carboxylic acids is 1. The molecule has 2 heterocycles. The summed E-state index contributed by atoms with van der Waals surface area (Å²) in [4.78, 5) is 23.4. The van der Waals surface area contributed by atoms with Crippen LogP contribution in [0.15, 0.2) is 34.8 Å². The zero-order chi connectivity index (χ0) is 15.7. The number of benzene rings is 1. The predicted molar refractivity (Wildman–Crippen MR) is 84.9 cm³/mol. The Hall–Kier alpha value is -2.12. The summed E-state index contributed by atoms with van der Waals surface area (Å²) in [5.41, 5.74) is 0.777. The maximum atomic E-state index is 12.0. The van der Waals surface area contributed by atoms with Crippen molar-refractivity contribution in [2.45, 2.75) is 0 Å². The molecule has 0 amide bonds. The van der Waals surface area contributed by atoms with E-state index in [-0.39, 0.29) is 17.5 Å². The van der Waals surface area contributed by atoms with Crippen molar-refractivity contribution in [1.82, 2.24) is 0 Å². The van der Waals surface area contributed by atoms with E-state index in [1.54, 1.807) is 12.1 Å². The van der Waals surface area contributed by atoms with Crippen molar-refractivity contribution >= 4 is 45.1 Å². The maximum absolute atomic E-state index is 12.0. The van der Waals surface area contributed by atoms with Crippen molar-refractivity contribution < 1.29 is 24.2 Å². The summed E-state index contributed by atoms with van der Waals surface area (Å²) in [6, 6.07) is 6.52. The lowest BCUT2D eigenvalue weighted by atomic mass is 10.1. The van der Waals surface area contributed by atoms with E-state index in [9.17, 15) is 9.59 Å². The van der Waals surface area contributed by atoms with Gasteiger partial charge < -0.3 is 14.6 Å². The van der Waals surface area contributed by atoms with Gasteiger partial charge in [-0.05, 0) is 51.8 Å². The molecule has 0 aliphatic carbocycles. The van der Waals surface area contributed by atoms with Crippen LogP contribution in [0.25, 0.3) is 6.08 Å². The van der Waals surface area contributed by atoms with Gasteiger partial charge in [-0.2, -0.15) is 0 Å². The Morgan fingerprint density at radius 2 is 2.00 bits per heavy atom. The molecule has 3 rings (SSSR count). The fraction of sp³-hybridized carbons (Fsp3) is 0.0667. The van der Waals surface area contributed by atoms with E-state index in [0.29, 0.717) is 16.4 Å². The van der Waals surface area contributed by atoms with Gasteiger partial charge in [0.1, 0.15) is 4.88 Å². The van der Waals surface area contributed by atoms with E-state index < -0.39 is 5.97 Å². The quantitative estimate of drug-likeness (QED) is 0.644. The molecule has 1 aromatic carbocycles. The Morgan fingerprint density at radius 3 is 2.73 bits per heavy atom. The first kappa shape index (κ1) is 14.8. The minimum Gasteiger partial charge on any atom is -0.477 e. The molecule has 0 fully saturated rings. The number of carboxylic acids is 1. The number of halogens is 1. The first-order valence-corrected chi connectivity index (χ1v) is 7.80. The van der Waals surface area contributed by atoms with Crippen LogP contribution in [0.3, 0.4) is 0 Å². The van der Waals surface area contributed by atoms with Crippen molar-refractivity contribution in [2.75, 3.05) is 6.79 Å². The molecular weight excluding hydrogens is 372 g/mol. The Balaban J connectivity index is 1.80. The number of ether oxygens (including phenoxy) is 2. The number of allylic oxidation sites excluding steroid dienone is 1. The van der Waals surface area contributed by atoms with Gasteiger partial charge in [-0.1, -0.05) is 6.08 Å². The van der Waals surface area contributed by atoms with Gasteiger partial charge in [0.05, 0.1) is 9.35 Å². The second-order valence-electron chi connectivity index (χ2n) is 4.40. The SMILES string of the molecule is O=C(O)c1ccc(C(=O)/C=C/c2cc(Br)c3c(c2)OCO3)s1. The van der Waals surface area contributed by atoms with E-state index in [4.69, 9.17) is 14.6 Å². The lowest BCUT2D eigenvalue weighted by Crippen LogP contribution is -1.93. The summed E-state index contributed by atoms with van der Waals surface area (Å²) in [5.74, 6) is -0.0161. The number of carbonyl (C=O) groups is 2. The van der Waals surface area contributed by atoms with Gasteiger partial charge in [-0.3, -0.25) is 4.79 Å². The van der Waals surface area contributed by atoms with Gasteiger partial charge in [0.15, 0.2) is 17.3 Å². The van der Waals surface area contributed by atoms with E-state index in [1.807, 2.05) is 6.07 Å². The van der Waals surface area contributed by atoms with Crippen LogP contribution in [-0.2, 0) is 0 Å². The third-order valence-electron chi connectivity index (χ3n) is 2.94. The topological polar surface area (TPSA) is 72.8 Å². The Bertz CT molecular complexity index is 793. The molecule has 112 valence electrons. The van der Waals surface area contributed by atoms with Crippen LogP contribution in [0.1, 0.15) is 24.9 Å². The van der Waals surface area contributed by atoms with E-state index in [1.165, 1.54) is 18.2 Å². The zero-order valence-corrected chi connectivity index (χ0v) is 13.4. The minimum absolute atomic E-state index is 0.141. The molecule has 1 aliphatic heterocycles. The summed E-state index contributed by atoms with van der Waals surface area (Å²) in [5, 5.41) is 8.86. The van der Waals surface area contributed by atoms with Crippen molar-refractivity contribution in [3.05, 3.63) is 50.1 Å². The largest absolute Gasteiger partial charge is 0.477 e. The molecule has 0 spiro atoms. The number of hydrogen-bond donors (Lipinski definition) is 1. The summed E-state index contributed by atoms with van der Waals surface area (Å²) < 4.78 is 11.3. The van der Waals surface area contributed by atoms with Crippen LogP contribution in [0, 0.1) is 0 Å². The molecular formula is C15H9BrO5S. The smallest absolute Gasteiger partial charge is 0.345 e. The highest BCUT2D eigenvalue weighted by atomic mass is 79.9. The van der Waals surface area contributed by atoms with Crippen LogP contribution in [0.4, 0.5) is 0 Å². The second-order valence-corrected chi connectivity index (χ2v) is 6.34. The summed E-state index contributed by atoms with van der Waals surface area (Å²) in [6.07, 6.45) is 3.05. The highest BCUT2D eigenvalue weighted by molar-refractivity contribution is 9.10. The standard InChI is InChI=1S/C15H9BrO5S/c16-9-5-8(6-11-14(9)21-7-20-11)1-2-10(17)12-3-4-13(22-12)15(18)19/h1-6H,7H2,(H,18,19)/b2-1+. The Labute approximate surface area is 137 Å². The van der Waals surface area contributed by atoms with Crippen LogP contribution >= 0.6 is 27.3 Å². The molecule has 0 radical (unpaired) electrons. The van der Waals surface area contributed by atoms with Gasteiger partial charge in [-0.25, -0.2) is 4.79 Å². The van der Waals surface area contributed by atoms with Crippen molar-refractivity contribution in [3.8, 4) is 11.5 Å². The number of fused-ring (bicyclic) bond motifs is 1. The highest BCUT2D eigenvalue weighted by Gasteiger charge is 2.17. The monoisotopic (exact) mass is 380 g/mol. The van der Waals surface area contributed by atoms with Crippen molar-refractivity contribution in [2.24, 2.45) is 0 Å². The number of carboxylic acid groups (broad SMARTS) is 1. The van der Waals surface area contributed by atoms with Gasteiger partial charge in [0, 0.05) is 0 Å². The third-order valence-corrected chi connectivity index (χ3v) is 4.61. The second kappa shape index (κ2) is 5.94. The van der Waals surface area contributed by atoms with Crippen LogP contribution in [0.5, 0.6) is 11.5 Å². The number of thiophene rings is 1. The van der Waals surface area contributed by atoms with Gasteiger partial charge in [0.2, 0.25) is 6.79 Å². The molecule has 0 atom stereocenters. The minimum atomic E-state index is -1.03. The lowest BCUT2D eigenvalue weighted by Gasteiger charge is -2.01. The summed E-state index contributed by atoms with van der Waals surface area (Å²) >= 11 is 4.34. The normalized spacial score (nSPS) is 12.8. The van der Waals surface area contributed by atoms with Crippen LogP contribution < -0.4 is 9.47 Å². The fourth-order valence-electron chi connectivity index (χ4n) is 1.92. The molecule has 0 bridgehead atoms. The Morgan fingerprint density at radius 1 is 1.23 bits per heavy atom. The molecule has 0 saturated heterocycles. The summed E-state index contributed by atoms with van der Waals surface area (Å²) in [7, 11) is 0. The van der Waals surface area contributed by atoms with Gasteiger partial charge in [-0.15, -0.1) is 11.3 Å². The molecule has 2 aromatic rings. The lowest BCUT2D eigenvalue weighted by molar-refractivity contribution is 0.0702. The Kier molecular flexibility index (Phi) is 4.00. The molecule has 5 nitrogen and oxygen atoms in total. The molecule has 1 N–H and O–H groups in total. The number of aromatic carboxylic acids is 1. The van der Waals surface area contributed by atoms with Gasteiger partial charge >= 0.3 is 5.97 Å². The maximum Gasteiger partial charge on any atom is 0.345 e. The van der Waals surface area contributed by atoms with Crippen LogP contribution in [-0.4, -0.2) is 23.7 Å². The molecule has 0 unspecified atom stereocenters. The molecule has 22 heavy (non-hydrogen) atoms. The number of ketones is 1. The van der Waals surface area contributed by atoms with Gasteiger partial charge in [0.25, 0.3) is 0 Å². The van der Waals surface area contributed by atoms with Crippen molar-refractivity contribution in [3.63, 3.8) is 0 Å². The van der Waals surface area contributed by atoms with Crippen LogP contribution in [0.2, 0.25) is 0 Å². The first-order chi connectivity index (χ1) is 10.5. The molecule has 7 heteroatoms. The van der Waals surface area contributed by atoms with Crippen molar-refractivity contribution in [1.29, 1.82) is 0 Å². The van der Waals surface area contributed by atoms with E-state index in [2.05, 4.69) is 15.9 Å². The molecule has 0 saturated carbocycles.